The Morgan fingerprint density at radius 3 is 2.68 bits per heavy atom. The second-order valence-corrected chi connectivity index (χ2v) is 5.37. The minimum Gasteiger partial charge on any atom is -0.497 e. The summed E-state index contributed by atoms with van der Waals surface area (Å²) in [5.74, 6) is 1.05. The maximum Gasteiger partial charge on any atom is 0.404 e. The number of carboxylic acid groups (broad SMARTS) is 1. The Hall–Kier alpha value is -3.20. The van der Waals surface area contributed by atoms with E-state index in [1.54, 1.807) is 25.3 Å². The molecule has 0 unspecified atom stereocenters. The van der Waals surface area contributed by atoms with Gasteiger partial charge in [-0.1, -0.05) is 30.3 Å². The zero-order valence-electron chi connectivity index (χ0n) is 13.9. The van der Waals surface area contributed by atoms with Crippen molar-refractivity contribution in [3.63, 3.8) is 0 Å². The summed E-state index contributed by atoms with van der Waals surface area (Å²) < 4.78 is 11.3. The van der Waals surface area contributed by atoms with Crippen molar-refractivity contribution in [2.24, 2.45) is 0 Å². The average Bonchev–Trinajstić information content (AvgIpc) is 2.64. The summed E-state index contributed by atoms with van der Waals surface area (Å²) in [6.45, 7) is 0.339. The van der Waals surface area contributed by atoms with Crippen LogP contribution in [-0.2, 0) is 0 Å². The molecule has 0 fully saturated rings. The van der Waals surface area contributed by atoms with Crippen molar-refractivity contribution in [3.8, 4) is 17.6 Å². The van der Waals surface area contributed by atoms with Gasteiger partial charge in [-0.15, -0.1) is 0 Å². The van der Waals surface area contributed by atoms with E-state index < -0.39 is 6.09 Å². The van der Waals surface area contributed by atoms with Crippen LogP contribution in [0.3, 0.4) is 0 Å². The highest BCUT2D eigenvalue weighted by Gasteiger charge is 2.16. The number of rotatable bonds is 8. The Bertz CT molecular complexity index is 741. The van der Waals surface area contributed by atoms with Crippen molar-refractivity contribution >= 4 is 6.09 Å². The molecule has 0 aliphatic heterocycles. The standard InChI is InChI=1S/C19H20N2O4/c1-24-16-10-9-15(13-20)18(12-16)25-17(8-5-11-21-19(22)23)14-6-3-2-4-7-14/h2-4,6-7,9-10,12,17,21H,5,8,11H2,1H3,(H,22,23)/t17-/m1/s1. The number of nitrogens with one attached hydrogen (secondary N) is 1. The van der Waals surface area contributed by atoms with Crippen LogP contribution < -0.4 is 14.8 Å². The second-order valence-electron chi connectivity index (χ2n) is 5.37. The molecular weight excluding hydrogens is 320 g/mol. The average molecular weight is 340 g/mol. The fraction of sp³-hybridized carbons (Fsp3) is 0.263. The minimum absolute atomic E-state index is 0.295. The number of ether oxygens (including phenoxy) is 2. The van der Waals surface area contributed by atoms with Gasteiger partial charge in [0.15, 0.2) is 0 Å². The van der Waals surface area contributed by atoms with Gasteiger partial charge >= 0.3 is 6.09 Å². The zero-order valence-corrected chi connectivity index (χ0v) is 13.9. The number of nitrogens with zero attached hydrogens (tertiary/aromatic N) is 1. The van der Waals surface area contributed by atoms with Crippen molar-refractivity contribution in [3.05, 3.63) is 59.7 Å². The van der Waals surface area contributed by atoms with E-state index in [9.17, 15) is 10.1 Å². The largest absolute Gasteiger partial charge is 0.497 e. The molecule has 1 atom stereocenters. The van der Waals surface area contributed by atoms with Crippen LogP contribution in [0.1, 0.15) is 30.1 Å². The molecule has 2 rings (SSSR count). The van der Waals surface area contributed by atoms with Gasteiger partial charge in [0.25, 0.3) is 0 Å². The van der Waals surface area contributed by atoms with Crippen molar-refractivity contribution in [2.45, 2.75) is 18.9 Å². The molecule has 0 bridgehead atoms. The van der Waals surface area contributed by atoms with Gasteiger partial charge in [0.05, 0.1) is 12.7 Å². The number of benzene rings is 2. The molecule has 6 heteroatoms. The van der Waals surface area contributed by atoms with E-state index in [0.29, 0.717) is 36.4 Å². The topological polar surface area (TPSA) is 91.6 Å². The molecular formula is C19H20N2O4. The first-order valence-corrected chi connectivity index (χ1v) is 7.90. The van der Waals surface area contributed by atoms with Crippen molar-refractivity contribution in [1.82, 2.24) is 5.32 Å². The summed E-state index contributed by atoms with van der Waals surface area (Å²) in [4.78, 5) is 10.6. The molecule has 0 aliphatic rings. The highest BCUT2D eigenvalue weighted by atomic mass is 16.5. The predicted octanol–water partition coefficient (Wildman–Crippen LogP) is 3.73. The third-order valence-corrected chi connectivity index (χ3v) is 3.67. The summed E-state index contributed by atoms with van der Waals surface area (Å²) >= 11 is 0. The maximum absolute atomic E-state index is 10.6. The Labute approximate surface area is 146 Å². The maximum atomic E-state index is 10.6. The molecule has 0 saturated heterocycles. The Kier molecular flexibility index (Phi) is 6.66. The predicted molar refractivity (Wildman–Crippen MR) is 92.8 cm³/mol. The van der Waals surface area contributed by atoms with Crippen LogP contribution >= 0.6 is 0 Å². The fourth-order valence-corrected chi connectivity index (χ4v) is 2.42. The van der Waals surface area contributed by atoms with Gasteiger partial charge in [-0.25, -0.2) is 4.79 Å². The van der Waals surface area contributed by atoms with Gasteiger partial charge in [-0.2, -0.15) is 5.26 Å². The molecule has 2 aromatic rings. The van der Waals surface area contributed by atoms with Gasteiger partial charge in [-0.3, -0.25) is 0 Å². The lowest BCUT2D eigenvalue weighted by Crippen LogP contribution is -2.22. The molecule has 0 radical (unpaired) electrons. The van der Waals surface area contributed by atoms with Crippen LogP contribution in [0.25, 0.3) is 0 Å². The van der Waals surface area contributed by atoms with Gasteiger partial charge in [0, 0.05) is 12.6 Å². The van der Waals surface area contributed by atoms with Crippen molar-refractivity contribution < 1.29 is 19.4 Å². The van der Waals surface area contributed by atoms with Gasteiger partial charge in [-0.05, 0) is 30.5 Å². The number of hydrogen-bond donors (Lipinski definition) is 2. The van der Waals surface area contributed by atoms with E-state index in [-0.39, 0.29) is 6.10 Å². The highest BCUT2D eigenvalue weighted by molar-refractivity contribution is 5.64. The summed E-state index contributed by atoms with van der Waals surface area (Å²) in [7, 11) is 1.55. The number of hydrogen-bond acceptors (Lipinski definition) is 4. The smallest absolute Gasteiger partial charge is 0.404 e. The van der Waals surface area contributed by atoms with Crippen molar-refractivity contribution in [2.75, 3.05) is 13.7 Å². The lowest BCUT2D eigenvalue weighted by Gasteiger charge is -2.21. The molecule has 0 aliphatic carbocycles. The molecule has 6 nitrogen and oxygen atoms in total. The van der Waals surface area contributed by atoms with Crippen LogP contribution in [0, 0.1) is 11.3 Å². The SMILES string of the molecule is COc1ccc(C#N)c(O[C@H](CCCNC(=O)O)c2ccccc2)c1. The monoisotopic (exact) mass is 340 g/mol. The molecule has 25 heavy (non-hydrogen) atoms. The van der Waals surface area contributed by atoms with Crippen LogP contribution in [0.15, 0.2) is 48.5 Å². The molecule has 0 spiro atoms. The van der Waals surface area contributed by atoms with Crippen LogP contribution in [0.4, 0.5) is 4.79 Å². The quantitative estimate of drug-likeness (QED) is 0.714. The number of carbonyl (C=O) groups is 1. The number of nitriles is 1. The molecule has 130 valence electrons. The Morgan fingerprint density at radius 1 is 1.28 bits per heavy atom. The molecule has 2 aromatic carbocycles. The van der Waals surface area contributed by atoms with Gasteiger partial charge in [0.2, 0.25) is 0 Å². The fourth-order valence-electron chi connectivity index (χ4n) is 2.42. The molecule has 0 aromatic heterocycles. The summed E-state index contributed by atoms with van der Waals surface area (Å²) in [5.41, 5.74) is 1.38. The lowest BCUT2D eigenvalue weighted by atomic mass is 10.0. The normalized spacial score (nSPS) is 11.2. The van der Waals surface area contributed by atoms with Gasteiger partial charge < -0.3 is 19.9 Å². The van der Waals surface area contributed by atoms with Crippen LogP contribution in [0.2, 0.25) is 0 Å². The Morgan fingerprint density at radius 2 is 2.04 bits per heavy atom. The van der Waals surface area contributed by atoms with E-state index in [2.05, 4.69) is 11.4 Å². The third kappa shape index (κ3) is 5.43. The molecule has 2 N–H and O–H groups in total. The van der Waals surface area contributed by atoms with Gasteiger partial charge in [0.1, 0.15) is 23.7 Å². The number of methoxy groups -OCH3 is 1. The zero-order chi connectivity index (χ0) is 18.1. The minimum atomic E-state index is -1.04. The summed E-state index contributed by atoms with van der Waals surface area (Å²) in [5, 5.41) is 20.3. The lowest BCUT2D eigenvalue weighted by molar-refractivity contribution is 0.183. The van der Waals surface area contributed by atoms with E-state index in [4.69, 9.17) is 14.6 Å². The highest BCUT2D eigenvalue weighted by Crippen LogP contribution is 2.31. The van der Waals surface area contributed by atoms with E-state index in [1.165, 1.54) is 0 Å². The molecule has 0 heterocycles. The summed E-state index contributed by atoms with van der Waals surface area (Å²) in [6, 6.07) is 16.8. The molecule has 0 saturated carbocycles. The van der Waals surface area contributed by atoms with E-state index in [0.717, 1.165) is 5.56 Å². The van der Waals surface area contributed by atoms with E-state index >= 15 is 0 Å². The van der Waals surface area contributed by atoms with Crippen LogP contribution in [0.5, 0.6) is 11.5 Å². The first-order valence-electron chi connectivity index (χ1n) is 7.90. The number of amides is 1. The molecule has 1 amide bonds. The third-order valence-electron chi connectivity index (χ3n) is 3.67. The first kappa shape index (κ1) is 18.1. The van der Waals surface area contributed by atoms with E-state index in [1.807, 2.05) is 30.3 Å². The second kappa shape index (κ2) is 9.18. The summed E-state index contributed by atoms with van der Waals surface area (Å²) in [6.07, 6.45) is -0.128. The van der Waals surface area contributed by atoms with Crippen molar-refractivity contribution in [1.29, 1.82) is 5.26 Å². The van der Waals surface area contributed by atoms with Crippen LogP contribution in [-0.4, -0.2) is 24.9 Å². The first-order chi connectivity index (χ1) is 12.1. The Balaban J connectivity index is 2.18.